The molecule has 0 atom stereocenters. The second kappa shape index (κ2) is 4.59. The Hall–Kier alpha value is -2.01. The van der Waals surface area contributed by atoms with Crippen LogP contribution >= 0.6 is 11.6 Å². The van der Waals surface area contributed by atoms with Crippen LogP contribution in [-0.2, 0) is 5.88 Å². The van der Waals surface area contributed by atoms with Gasteiger partial charge in [-0.15, -0.1) is 11.6 Å². The molecule has 3 aromatic rings. The van der Waals surface area contributed by atoms with E-state index in [1.807, 2.05) is 0 Å². The van der Waals surface area contributed by atoms with Crippen LogP contribution in [0.1, 0.15) is 5.82 Å². The van der Waals surface area contributed by atoms with Crippen molar-refractivity contribution in [2.24, 2.45) is 0 Å². The van der Waals surface area contributed by atoms with Crippen molar-refractivity contribution in [3.05, 3.63) is 54.1 Å². The molecule has 2 heterocycles. The quantitative estimate of drug-likeness (QED) is 0.673. The lowest BCUT2D eigenvalue weighted by atomic mass is 10.2. The van der Waals surface area contributed by atoms with Crippen molar-refractivity contribution in [1.82, 2.24) is 14.5 Å². The van der Waals surface area contributed by atoms with Crippen molar-refractivity contribution in [3.8, 4) is 5.69 Å². The highest BCUT2D eigenvalue weighted by atomic mass is 35.5. The zero-order valence-corrected chi connectivity index (χ0v) is 10.4. The molecule has 0 fully saturated rings. The lowest BCUT2D eigenvalue weighted by Crippen LogP contribution is -2.03. The van der Waals surface area contributed by atoms with E-state index in [-0.39, 0.29) is 11.6 Å². The van der Waals surface area contributed by atoms with Gasteiger partial charge in [0.1, 0.15) is 11.3 Å². The first kappa shape index (κ1) is 12.0. The zero-order valence-electron chi connectivity index (χ0n) is 9.65. The van der Waals surface area contributed by atoms with Gasteiger partial charge >= 0.3 is 0 Å². The maximum absolute atomic E-state index is 13.9. The number of hydrogen-bond acceptors (Lipinski definition) is 2. The minimum atomic E-state index is -0.926. The van der Waals surface area contributed by atoms with Gasteiger partial charge in [0.05, 0.1) is 23.3 Å². The number of hydrogen-bond donors (Lipinski definition) is 0. The summed E-state index contributed by atoms with van der Waals surface area (Å²) in [6, 6.07) is 5.68. The van der Waals surface area contributed by atoms with Crippen molar-refractivity contribution in [1.29, 1.82) is 0 Å². The summed E-state index contributed by atoms with van der Waals surface area (Å²) >= 11 is 5.83. The molecule has 0 saturated carbocycles. The smallest absolute Gasteiger partial charge is 0.182 e. The van der Waals surface area contributed by atoms with Crippen LogP contribution in [0.3, 0.4) is 0 Å². The first-order chi connectivity index (χ1) is 9.22. The van der Waals surface area contributed by atoms with Gasteiger partial charge in [0, 0.05) is 6.20 Å². The average Bonchev–Trinajstić information content (AvgIpc) is 2.80. The summed E-state index contributed by atoms with van der Waals surface area (Å²) in [6.07, 6.45) is 3.12. The molecule has 3 nitrogen and oxygen atoms in total. The van der Waals surface area contributed by atoms with Crippen molar-refractivity contribution in [2.75, 3.05) is 0 Å². The van der Waals surface area contributed by atoms with Gasteiger partial charge in [-0.2, -0.15) is 0 Å². The SMILES string of the molecule is Fc1cccc(-n2c(CCl)nc3cnccc32)c1F. The molecule has 0 aliphatic carbocycles. The molecular weight excluding hydrogens is 272 g/mol. The van der Waals surface area contributed by atoms with Crippen LogP contribution < -0.4 is 0 Å². The Labute approximate surface area is 112 Å². The fourth-order valence-corrected chi connectivity index (χ4v) is 2.18. The molecule has 0 spiro atoms. The Morgan fingerprint density at radius 2 is 2.05 bits per heavy atom. The molecule has 1 aromatic carbocycles. The zero-order chi connectivity index (χ0) is 13.4. The number of alkyl halides is 1. The van der Waals surface area contributed by atoms with Crippen LogP contribution in [0.15, 0.2) is 36.7 Å². The molecule has 0 amide bonds. The topological polar surface area (TPSA) is 30.7 Å². The summed E-state index contributed by atoms with van der Waals surface area (Å²) in [5.74, 6) is -1.31. The van der Waals surface area contributed by atoms with Crippen molar-refractivity contribution in [3.63, 3.8) is 0 Å². The van der Waals surface area contributed by atoms with Crippen LogP contribution in [0, 0.1) is 11.6 Å². The maximum atomic E-state index is 13.9. The summed E-state index contributed by atoms with van der Waals surface area (Å²) in [5, 5.41) is 0. The van der Waals surface area contributed by atoms with E-state index in [2.05, 4.69) is 9.97 Å². The fourth-order valence-electron chi connectivity index (χ4n) is 2.01. The van der Waals surface area contributed by atoms with Crippen LogP contribution in [0.25, 0.3) is 16.7 Å². The van der Waals surface area contributed by atoms with E-state index in [0.717, 1.165) is 6.07 Å². The lowest BCUT2D eigenvalue weighted by Gasteiger charge is -2.09. The molecule has 0 unspecified atom stereocenters. The van der Waals surface area contributed by atoms with Crippen molar-refractivity contribution in [2.45, 2.75) is 5.88 Å². The monoisotopic (exact) mass is 279 g/mol. The lowest BCUT2D eigenvalue weighted by molar-refractivity contribution is 0.504. The van der Waals surface area contributed by atoms with Gasteiger partial charge in [0.2, 0.25) is 0 Å². The molecule has 0 radical (unpaired) electrons. The molecule has 0 aliphatic heterocycles. The second-order valence-electron chi connectivity index (χ2n) is 3.93. The molecule has 0 aliphatic rings. The third-order valence-electron chi connectivity index (χ3n) is 2.82. The van der Waals surface area contributed by atoms with Gasteiger partial charge in [0.25, 0.3) is 0 Å². The molecular formula is C13H8ClF2N3. The van der Waals surface area contributed by atoms with E-state index in [1.54, 1.807) is 18.5 Å². The van der Waals surface area contributed by atoms with Gasteiger partial charge in [-0.3, -0.25) is 9.55 Å². The Morgan fingerprint density at radius 1 is 1.21 bits per heavy atom. The van der Waals surface area contributed by atoms with E-state index in [0.29, 0.717) is 16.9 Å². The summed E-state index contributed by atoms with van der Waals surface area (Å²) in [7, 11) is 0. The predicted molar refractivity (Wildman–Crippen MR) is 68.3 cm³/mol. The third kappa shape index (κ3) is 1.86. The first-order valence-electron chi connectivity index (χ1n) is 5.54. The average molecular weight is 280 g/mol. The molecule has 0 saturated heterocycles. The summed E-state index contributed by atoms with van der Waals surface area (Å²) in [6.45, 7) is 0. The summed E-state index contributed by atoms with van der Waals surface area (Å²) in [5.41, 5.74) is 1.31. The van der Waals surface area contributed by atoms with Gasteiger partial charge in [0.15, 0.2) is 11.6 Å². The van der Waals surface area contributed by atoms with Gasteiger partial charge in [-0.25, -0.2) is 13.8 Å². The van der Waals surface area contributed by atoms with Crippen LogP contribution in [0.4, 0.5) is 8.78 Å². The van der Waals surface area contributed by atoms with Crippen LogP contribution in [-0.4, -0.2) is 14.5 Å². The number of imidazole rings is 1. The number of nitrogens with zero attached hydrogens (tertiary/aromatic N) is 3. The molecule has 96 valence electrons. The Bertz CT molecular complexity index is 755. The highest BCUT2D eigenvalue weighted by molar-refractivity contribution is 6.17. The minimum Gasteiger partial charge on any atom is -0.292 e. The van der Waals surface area contributed by atoms with Crippen LogP contribution in [0.5, 0.6) is 0 Å². The molecule has 3 rings (SSSR count). The normalized spacial score (nSPS) is 11.1. The molecule has 0 N–H and O–H groups in total. The van der Waals surface area contributed by atoms with E-state index in [1.165, 1.54) is 16.7 Å². The Kier molecular flexibility index (Phi) is 2.91. The van der Waals surface area contributed by atoms with E-state index in [4.69, 9.17) is 11.6 Å². The van der Waals surface area contributed by atoms with Gasteiger partial charge in [-0.1, -0.05) is 6.07 Å². The van der Waals surface area contributed by atoms with E-state index < -0.39 is 11.6 Å². The van der Waals surface area contributed by atoms with Gasteiger partial charge in [-0.05, 0) is 18.2 Å². The number of halogens is 3. The second-order valence-corrected chi connectivity index (χ2v) is 4.20. The molecule has 2 aromatic heterocycles. The van der Waals surface area contributed by atoms with Crippen molar-refractivity contribution < 1.29 is 8.78 Å². The van der Waals surface area contributed by atoms with E-state index in [9.17, 15) is 8.78 Å². The van der Waals surface area contributed by atoms with Crippen molar-refractivity contribution >= 4 is 22.6 Å². The highest BCUT2D eigenvalue weighted by Crippen LogP contribution is 2.24. The molecule has 0 bridgehead atoms. The predicted octanol–water partition coefficient (Wildman–Crippen LogP) is 3.44. The highest BCUT2D eigenvalue weighted by Gasteiger charge is 2.16. The van der Waals surface area contributed by atoms with Crippen LogP contribution in [0.2, 0.25) is 0 Å². The molecule has 6 heteroatoms. The summed E-state index contributed by atoms with van der Waals surface area (Å²) < 4.78 is 28.8. The van der Waals surface area contributed by atoms with Gasteiger partial charge < -0.3 is 0 Å². The number of aromatic nitrogens is 3. The number of pyridine rings is 1. The first-order valence-corrected chi connectivity index (χ1v) is 6.07. The minimum absolute atomic E-state index is 0.0874. The number of benzene rings is 1. The third-order valence-corrected chi connectivity index (χ3v) is 3.06. The number of fused-ring (bicyclic) bond motifs is 1. The Balaban J connectivity index is 2.38. The largest absolute Gasteiger partial charge is 0.292 e. The standard InChI is InChI=1S/C13H8ClF2N3/c14-6-12-18-9-7-17-5-4-10(9)19(12)11-3-1-2-8(15)13(11)16/h1-5,7H,6H2. The Morgan fingerprint density at radius 3 is 2.84 bits per heavy atom. The number of rotatable bonds is 2. The fraction of sp³-hybridized carbons (Fsp3) is 0.0769. The molecule has 19 heavy (non-hydrogen) atoms. The van der Waals surface area contributed by atoms with E-state index >= 15 is 0 Å². The maximum Gasteiger partial charge on any atom is 0.182 e. The summed E-state index contributed by atoms with van der Waals surface area (Å²) in [4.78, 5) is 8.21.